The molecule has 2 rings (SSSR count). The Kier molecular flexibility index (Phi) is 4.12. The van der Waals surface area contributed by atoms with Crippen molar-refractivity contribution in [3.63, 3.8) is 0 Å². The highest BCUT2D eigenvalue weighted by molar-refractivity contribution is 6.29. The largest absolute Gasteiger partial charge is 0.336 e. The van der Waals surface area contributed by atoms with E-state index in [0.29, 0.717) is 6.54 Å². The maximum absolute atomic E-state index is 12.2. The molecule has 1 aromatic heterocycles. The average molecular weight is 276 g/mol. The van der Waals surface area contributed by atoms with E-state index in [1.165, 1.54) is 18.0 Å². The van der Waals surface area contributed by atoms with Gasteiger partial charge in [-0.25, -0.2) is 4.98 Å². The Morgan fingerprint density at radius 3 is 2.84 bits per heavy atom. The van der Waals surface area contributed by atoms with E-state index in [9.17, 15) is 4.79 Å². The fourth-order valence-electron chi connectivity index (χ4n) is 1.80. The van der Waals surface area contributed by atoms with Crippen LogP contribution >= 0.6 is 11.6 Å². The lowest BCUT2D eigenvalue weighted by Gasteiger charge is -2.16. The first-order chi connectivity index (χ1) is 9.06. The van der Waals surface area contributed by atoms with E-state index in [0.717, 1.165) is 5.56 Å². The maximum Gasteiger partial charge on any atom is 0.274 e. The molecule has 2 aromatic rings. The van der Waals surface area contributed by atoms with Crippen LogP contribution in [0.25, 0.3) is 0 Å². The number of carbonyl (C=O) groups excluding carboxylic acids is 1. The van der Waals surface area contributed by atoms with Gasteiger partial charge in [0.1, 0.15) is 10.8 Å². The van der Waals surface area contributed by atoms with E-state index in [-0.39, 0.29) is 16.8 Å². The molecule has 0 aliphatic heterocycles. The molecule has 0 spiro atoms. The van der Waals surface area contributed by atoms with E-state index in [1.807, 2.05) is 31.2 Å². The summed E-state index contributed by atoms with van der Waals surface area (Å²) in [6, 6.07) is 8.03. The molecule has 0 aliphatic carbocycles. The van der Waals surface area contributed by atoms with Crippen molar-refractivity contribution in [2.24, 2.45) is 0 Å². The monoisotopic (exact) mass is 275 g/mol. The van der Waals surface area contributed by atoms with Crippen LogP contribution in [-0.2, 0) is 6.54 Å². The van der Waals surface area contributed by atoms with Crippen LogP contribution in [0.4, 0.5) is 0 Å². The SMILES string of the molecule is Cc1cccc(CN(C)C(=O)c2cncc(Cl)n2)c1. The topological polar surface area (TPSA) is 46.1 Å². The Hall–Kier alpha value is -1.94. The van der Waals surface area contributed by atoms with Crippen molar-refractivity contribution in [2.45, 2.75) is 13.5 Å². The highest BCUT2D eigenvalue weighted by atomic mass is 35.5. The van der Waals surface area contributed by atoms with E-state index >= 15 is 0 Å². The van der Waals surface area contributed by atoms with Crippen molar-refractivity contribution in [2.75, 3.05) is 7.05 Å². The van der Waals surface area contributed by atoms with Gasteiger partial charge >= 0.3 is 0 Å². The zero-order valence-electron chi connectivity index (χ0n) is 10.8. The molecule has 0 bridgehead atoms. The van der Waals surface area contributed by atoms with Crippen molar-refractivity contribution >= 4 is 17.5 Å². The predicted octanol–water partition coefficient (Wildman–Crippen LogP) is 2.71. The molecule has 4 nitrogen and oxygen atoms in total. The number of hydrogen-bond donors (Lipinski definition) is 0. The van der Waals surface area contributed by atoms with Crippen LogP contribution < -0.4 is 0 Å². The number of amides is 1. The van der Waals surface area contributed by atoms with Crippen molar-refractivity contribution in [3.8, 4) is 0 Å². The third-order valence-corrected chi connectivity index (χ3v) is 2.86. The molecule has 0 saturated heterocycles. The summed E-state index contributed by atoms with van der Waals surface area (Å²) in [7, 11) is 1.73. The number of carbonyl (C=O) groups is 1. The highest BCUT2D eigenvalue weighted by Crippen LogP contribution is 2.10. The smallest absolute Gasteiger partial charge is 0.274 e. The van der Waals surface area contributed by atoms with Gasteiger partial charge in [-0.15, -0.1) is 0 Å². The van der Waals surface area contributed by atoms with Crippen molar-refractivity contribution in [3.05, 3.63) is 58.6 Å². The Labute approximate surface area is 117 Å². The van der Waals surface area contributed by atoms with E-state index in [1.54, 1.807) is 11.9 Å². The molecule has 0 unspecified atom stereocenters. The second-order valence-electron chi connectivity index (χ2n) is 4.38. The minimum atomic E-state index is -0.198. The second-order valence-corrected chi connectivity index (χ2v) is 4.76. The zero-order chi connectivity index (χ0) is 13.8. The number of nitrogens with zero attached hydrogens (tertiary/aromatic N) is 3. The molecule has 1 amide bonds. The lowest BCUT2D eigenvalue weighted by atomic mass is 10.1. The van der Waals surface area contributed by atoms with Crippen molar-refractivity contribution in [1.29, 1.82) is 0 Å². The number of benzene rings is 1. The summed E-state index contributed by atoms with van der Waals surface area (Å²) in [5.41, 5.74) is 2.49. The molecule has 0 N–H and O–H groups in total. The summed E-state index contributed by atoms with van der Waals surface area (Å²) in [5, 5.41) is 0.217. The second kappa shape index (κ2) is 5.80. The van der Waals surface area contributed by atoms with Crippen LogP contribution in [0.15, 0.2) is 36.7 Å². The summed E-state index contributed by atoms with van der Waals surface area (Å²) < 4.78 is 0. The van der Waals surface area contributed by atoms with Crippen LogP contribution in [-0.4, -0.2) is 27.8 Å². The van der Waals surface area contributed by atoms with E-state index < -0.39 is 0 Å². The molecule has 1 aromatic carbocycles. The Balaban J connectivity index is 2.12. The maximum atomic E-state index is 12.2. The number of rotatable bonds is 3. The number of hydrogen-bond acceptors (Lipinski definition) is 3. The quantitative estimate of drug-likeness (QED) is 0.865. The zero-order valence-corrected chi connectivity index (χ0v) is 11.6. The summed E-state index contributed by atoms with van der Waals surface area (Å²) >= 11 is 5.73. The van der Waals surface area contributed by atoms with Gasteiger partial charge in [-0.2, -0.15) is 0 Å². The molecule has 98 valence electrons. The van der Waals surface area contributed by atoms with E-state index in [2.05, 4.69) is 9.97 Å². The molecule has 1 heterocycles. The van der Waals surface area contributed by atoms with Crippen LogP contribution in [0.5, 0.6) is 0 Å². The third kappa shape index (κ3) is 3.51. The van der Waals surface area contributed by atoms with Gasteiger partial charge in [0.2, 0.25) is 0 Å². The number of aromatic nitrogens is 2. The first-order valence-electron chi connectivity index (χ1n) is 5.85. The predicted molar refractivity (Wildman–Crippen MR) is 74.0 cm³/mol. The summed E-state index contributed by atoms with van der Waals surface area (Å²) in [6.07, 6.45) is 2.82. The highest BCUT2D eigenvalue weighted by Gasteiger charge is 2.14. The number of aryl methyl sites for hydroxylation is 1. The van der Waals surface area contributed by atoms with Crippen LogP contribution in [0.3, 0.4) is 0 Å². The van der Waals surface area contributed by atoms with Gasteiger partial charge in [0, 0.05) is 13.6 Å². The van der Waals surface area contributed by atoms with Crippen LogP contribution in [0, 0.1) is 6.92 Å². The fourth-order valence-corrected chi connectivity index (χ4v) is 1.94. The summed E-state index contributed by atoms with van der Waals surface area (Å²) in [6.45, 7) is 2.54. The van der Waals surface area contributed by atoms with Crippen LogP contribution in [0.2, 0.25) is 5.15 Å². The molecule has 0 aliphatic rings. The number of halogens is 1. The van der Waals surface area contributed by atoms with Gasteiger partial charge in [-0.05, 0) is 12.5 Å². The first-order valence-corrected chi connectivity index (χ1v) is 6.22. The minimum Gasteiger partial charge on any atom is -0.336 e. The molecular weight excluding hydrogens is 262 g/mol. The van der Waals surface area contributed by atoms with Gasteiger partial charge in [0.15, 0.2) is 0 Å². The molecule has 5 heteroatoms. The normalized spacial score (nSPS) is 10.3. The van der Waals surface area contributed by atoms with Crippen LogP contribution in [0.1, 0.15) is 21.6 Å². The van der Waals surface area contributed by atoms with E-state index in [4.69, 9.17) is 11.6 Å². The fraction of sp³-hybridized carbons (Fsp3) is 0.214. The Bertz CT molecular complexity index is 601. The molecule has 0 atom stereocenters. The third-order valence-electron chi connectivity index (χ3n) is 2.67. The van der Waals surface area contributed by atoms with Gasteiger partial charge in [0.25, 0.3) is 5.91 Å². The van der Waals surface area contributed by atoms with Crippen molar-refractivity contribution < 1.29 is 4.79 Å². The Morgan fingerprint density at radius 2 is 2.16 bits per heavy atom. The molecule has 0 saturated carbocycles. The molecule has 0 fully saturated rings. The van der Waals surface area contributed by atoms with Gasteiger partial charge < -0.3 is 4.90 Å². The summed E-state index contributed by atoms with van der Waals surface area (Å²) in [5.74, 6) is -0.198. The molecular formula is C14H14ClN3O. The average Bonchev–Trinajstić information content (AvgIpc) is 2.38. The lowest BCUT2D eigenvalue weighted by Crippen LogP contribution is -2.27. The minimum absolute atomic E-state index is 0.198. The first kappa shape index (κ1) is 13.5. The standard InChI is InChI=1S/C14H14ClN3O/c1-10-4-3-5-11(6-10)9-18(2)14(19)12-7-16-8-13(15)17-12/h3-8H,9H2,1-2H3. The summed E-state index contributed by atoms with van der Waals surface area (Å²) in [4.78, 5) is 21.6. The lowest BCUT2D eigenvalue weighted by molar-refractivity contribution is 0.0779. The van der Waals surface area contributed by atoms with Gasteiger partial charge in [-0.1, -0.05) is 41.4 Å². The van der Waals surface area contributed by atoms with Gasteiger partial charge in [0.05, 0.1) is 12.4 Å². The molecule has 0 radical (unpaired) electrons. The van der Waals surface area contributed by atoms with Crippen molar-refractivity contribution in [1.82, 2.24) is 14.9 Å². The molecule has 19 heavy (non-hydrogen) atoms. The van der Waals surface area contributed by atoms with Gasteiger partial charge in [-0.3, -0.25) is 9.78 Å². The Morgan fingerprint density at radius 1 is 1.37 bits per heavy atom.